The molecule has 0 radical (unpaired) electrons. The Labute approximate surface area is 125 Å². The Bertz CT molecular complexity index is 663. The number of H-pyrrole nitrogens is 1. The van der Waals surface area contributed by atoms with E-state index in [4.69, 9.17) is 4.74 Å². The lowest BCUT2D eigenvalue weighted by molar-refractivity contribution is 0.340. The van der Waals surface area contributed by atoms with Gasteiger partial charge in [-0.15, -0.1) is 0 Å². The molecule has 4 heteroatoms. The number of nitrogens with one attached hydrogen (secondary N) is 1. The van der Waals surface area contributed by atoms with E-state index in [1.807, 2.05) is 37.3 Å². The van der Waals surface area contributed by atoms with E-state index in [2.05, 4.69) is 16.0 Å². The molecule has 0 amide bonds. The molecule has 1 aliphatic rings. The van der Waals surface area contributed by atoms with E-state index in [0.29, 0.717) is 12.2 Å². The van der Waals surface area contributed by atoms with Gasteiger partial charge in [-0.25, -0.2) is 0 Å². The highest BCUT2D eigenvalue weighted by Crippen LogP contribution is 2.30. The maximum absolute atomic E-state index is 9.36. The zero-order chi connectivity index (χ0) is 14.7. The Hall–Kier alpha value is -2.41. The van der Waals surface area contributed by atoms with E-state index in [-0.39, 0.29) is 0 Å². The summed E-state index contributed by atoms with van der Waals surface area (Å²) in [5.74, 6) is 1.80. The summed E-state index contributed by atoms with van der Waals surface area (Å²) < 4.78 is 5.54. The van der Waals surface area contributed by atoms with Gasteiger partial charge in [-0.2, -0.15) is 5.26 Å². The molecule has 0 unspecified atom stereocenters. The number of aromatic nitrogens is 1. The minimum absolute atomic E-state index is 0.649. The Morgan fingerprint density at radius 1 is 1.29 bits per heavy atom. The molecule has 0 bridgehead atoms. The molecule has 0 atom stereocenters. The first-order chi connectivity index (χ1) is 10.3. The minimum Gasteiger partial charge on any atom is -0.494 e. The summed E-state index contributed by atoms with van der Waals surface area (Å²) >= 11 is 0. The molecular weight excluding hydrogens is 262 g/mol. The SMILES string of the molecule is CCOc1cccc(-c2cc(C#N)c(N3CCCC3)[nH]2)c1. The van der Waals surface area contributed by atoms with Gasteiger partial charge in [0, 0.05) is 24.3 Å². The summed E-state index contributed by atoms with van der Waals surface area (Å²) in [7, 11) is 0. The summed E-state index contributed by atoms with van der Waals surface area (Å²) in [6.07, 6.45) is 2.39. The first-order valence-electron chi connectivity index (χ1n) is 7.43. The van der Waals surface area contributed by atoms with Gasteiger partial charge in [-0.1, -0.05) is 12.1 Å². The number of hydrogen-bond acceptors (Lipinski definition) is 3. The highest BCUT2D eigenvalue weighted by atomic mass is 16.5. The third-order valence-electron chi connectivity index (χ3n) is 3.80. The number of nitriles is 1. The van der Waals surface area contributed by atoms with Crippen molar-refractivity contribution in [2.75, 3.05) is 24.6 Å². The standard InChI is InChI=1S/C17H19N3O/c1-2-21-15-7-5-6-13(10-15)16-11-14(12-18)17(19-16)20-8-3-4-9-20/h5-7,10-11,19H,2-4,8-9H2,1H3. The fraction of sp³-hybridized carbons (Fsp3) is 0.353. The topological polar surface area (TPSA) is 52.0 Å². The van der Waals surface area contributed by atoms with Crippen molar-refractivity contribution >= 4 is 5.82 Å². The van der Waals surface area contributed by atoms with Crippen molar-refractivity contribution in [3.63, 3.8) is 0 Å². The predicted octanol–water partition coefficient (Wildman–Crippen LogP) is 3.55. The number of hydrogen-bond donors (Lipinski definition) is 1. The average molecular weight is 281 g/mol. The maximum atomic E-state index is 9.36. The van der Waals surface area contributed by atoms with Crippen LogP contribution in [0.25, 0.3) is 11.3 Å². The maximum Gasteiger partial charge on any atom is 0.124 e. The van der Waals surface area contributed by atoms with Crippen LogP contribution < -0.4 is 9.64 Å². The van der Waals surface area contributed by atoms with E-state index < -0.39 is 0 Å². The second kappa shape index (κ2) is 5.92. The smallest absolute Gasteiger partial charge is 0.124 e. The predicted molar refractivity (Wildman–Crippen MR) is 83.6 cm³/mol. The largest absolute Gasteiger partial charge is 0.494 e. The van der Waals surface area contributed by atoms with Crippen LogP contribution >= 0.6 is 0 Å². The van der Waals surface area contributed by atoms with Crippen LogP contribution in [0.3, 0.4) is 0 Å². The van der Waals surface area contributed by atoms with Crippen LogP contribution in [-0.2, 0) is 0 Å². The molecule has 1 fully saturated rings. The van der Waals surface area contributed by atoms with Gasteiger partial charge in [0.05, 0.1) is 12.2 Å². The summed E-state index contributed by atoms with van der Waals surface area (Å²) in [6.45, 7) is 4.67. The number of rotatable bonds is 4. The van der Waals surface area contributed by atoms with Gasteiger partial charge in [-0.05, 0) is 38.0 Å². The normalized spacial score (nSPS) is 14.2. The molecule has 3 rings (SSSR count). The van der Waals surface area contributed by atoms with Crippen LogP contribution in [0, 0.1) is 11.3 Å². The minimum atomic E-state index is 0.649. The lowest BCUT2D eigenvalue weighted by Gasteiger charge is -2.15. The van der Waals surface area contributed by atoms with Gasteiger partial charge in [0.1, 0.15) is 17.6 Å². The third kappa shape index (κ3) is 2.73. The summed E-state index contributed by atoms with van der Waals surface area (Å²) in [5.41, 5.74) is 2.73. The summed E-state index contributed by atoms with van der Waals surface area (Å²) in [4.78, 5) is 5.67. The number of benzene rings is 1. The molecule has 108 valence electrons. The number of anilines is 1. The average Bonchev–Trinajstić information content (AvgIpc) is 3.17. The second-order valence-corrected chi connectivity index (χ2v) is 5.21. The van der Waals surface area contributed by atoms with E-state index >= 15 is 0 Å². The Morgan fingerprint density at radius 2 is 2.10 bits per heavy atom. The van der Waals surface area contributed by atoms with Gasteiger partial charge in [0.25, 0.3) is 0 Å². The molecule has 0 aliphatic carbocycles. The highest BCUT2D eigenvalue weighted by molar-refractivity contribution is 5.70. The van der Waals surface area contributed by atoms with Crippen molar-refractivity contribution < 1.29 is 4.74 Å². The van der Waals surface area contributed by atoms with E-state index in [1.165, 1.54) is 12.8 Å². The lowest BCUT2D eigenvalue weighted by Crippen LogP contribution is -2.18. The monoisotopic (exact) mass is 281 g/mol. The van der Waals surface area contributed by atoms with Crippen molar-refractivity contribution in [1.82, 2.24) is 4.98 Å². The Balaban J connectivity index is 1.95. The lowest BCUT2D eigenvalue weighted by atomic mass is 10.1. The molecule has 1 aromatic heterocycles. The first-order valence-corrected chi connectivity index (χ1v) is 7.43. The summed E-state index contributed by atoms with van der Waals surface area (Å²) in [6, 6.07) is 12.2. The van der Waals surface area contributed by atoms with Crippen LogP contribution in [0.1, 0.15) is 25.3 Å². The zero-order valence-electron chi connectivity index (χ0n) is 12.2. The molecule has 1 N–H and O–H groups in total. The van der Waals surface area contributed by atoms with Crippen LogP contribution in [0.2, 0.25) is 0 Å². The van der Waals surface area contributed by atoms with Crippen molar-refractivity contribution in [3.05, 3.63) is 35.9 Å². The molecule has 2 heterocycles. The third-order valence-corrected chi connectivity index (χ3v) is 3.80. The van der Waals surface area contributed by atoms with Crippen molar-refractivity contribution in [2.45, 2.75) is 19.8 Å². The van der Waals surface area contributed by atoms with Crippen LogP contribution in [-0.4, -0.2) is 24.7 Å². The molecule has 0 spiro atoms. The fourth-order valence-corrected chi connectivity index (χ4v) is 2.79. The van der Waals surface area contributed by atoms with E-state index in [1.54, 1.807) is 0 Å². The molecule has 1 aliphatic heterocycles. The van der Waals surface area contributed by atoms with Gasteiger partial charge in [-0.3, -0.25) is 0 Å². The number of nitrogens with zero attached hydrogens (tertiary/aromatic N) is 2. The van der Waals surface area contributed by atoms with Crippen molar-refractivity contribution in [2.24, 2.45) is 0 Å². The van der Waals surface area contributed by atoms with Gasteiger partial charge < -0.3 is 14.6 Å². The molecule has 1 aromatic carbocycles. The second-order valence-electron chi connectivity index (χ2n) is 5.21. The molecular formula is C17H19N3O. The fourth-order valence-electron chi connectivity index (χ4n) is 2.79. The van der Waals surface area contributed by atoms with Crippen LogP contribution in [0.15, 0.2) is 30.3 Å². The van der Waals surface area contributed by atoms with Crippen molar-refractivity contribution in [3.8, 4) is 23.1 Å². The molecule has 0 saturated carbocycles. The molecule has 2 aromatic rings. The number of aromatic amines is 1. The van der Waals surface area contributed by atoms with Gasteiger partial charge >= 0.3 is 0 Å². The molecule has 4 nitrogen and oxygen atoms in total. The van der Waals surface area contributed by atoms with Crippen molar-refractivity contribution in [1.29, 1.82) is 5.26 Å². The Kier molecular flexibility index (Phi) is 3.83. The quantitative estimate of drug-likeness (QED) is 0.932. The van der Waals surface area contributed by atoms with Gasteiger partial charge in [0.2, 0.25) is 0 Å². The number of ether oxygens (including phenoxy) is 1. The van der Waals surface area contributed by atoms with E-state index in [0.717, 1.165) is 35.9 Å². The molecule has 1 saturated heterocycles. The molecule has 21 heavy (non-hydrogen) atoms. The van der Waals surface area contributed by atoms with E-state index in [9.17, 15) is 5.26 Å². The highest BCUT2D eigenvalue weighted by Gasteiger charge is 2.19. The summed E-state index contributed by atoms with van der Waals surface area (Å²) in [5, 5.41) is 9.36. The van der Waals surface area contributed by atoms with Crippen LogP contribution in [0.5, 0.6) is 5.75 Å². The first kappa shape index (κ1) is 13.6. The van der Waals surface area contributed by atoms with Crippen LogP contribution in [0.4, 0.5) is 5.82 Å². The zero-order valence-corrected chi connectivity index (χ0v) is 12.2. The Morgan fingerprint density at radius 3 is 2.81 bits per heavy atom. The van der Waals surface area contributed by atoms with Gasteiger partial charge in [0.15, 0.2) is 0 Å².